The van der Waals surface area contributed by atoms with Gasteiger partial charge in [-0.2, -0.15) is 0 Å². The molecule has 2 atom stereocenters. The molecule has 1 aromatic rings. The van der Waals surface area contributed by atoms with Crippen molar-refractivity contribution >= 4 is 5.96 Å². The van der Waals surface area contributed by atoms with Gasteiger partial charge in [-0.15, -0.1) is 0 Å². The first-order chi connectivity index (χ1) is 13.2. The molecule has 1 fully saturated rings. The molecule has 152 valence electrons. The molecule has 0 amide bonds. The summed E-state index contributed by atoms with van der Waals surface area (Å²) in [5.74, 6) is 0.481. The fourth-order valence-corrected chi connectivity index (χ4v) is 2.88. The van der Waals surface area contributed by atoms with Crippen molar-refractivity contribution in [2.24, 2.45) is 4.99 Å². The Balaban J connectivity index is 1.70. The Bertz CT molecular complexity index is 548. The van der Waals surface area contributed by atoms with E-state index in [1.165, 1.54) is 12.1 Å². The maximum absolute atomic E-state index is 13.1. The lowest BCUT2D eigenvalue weighted by atomic mass is 10.1. The number of ether oxygens (including phenoxy) is 3. The van der Waals surface area contributed by atoms with Gasteiger partial charge in [0.15, 0.2) is 5.96 Å². The highest BCUT2D eigenvalue weighted by atomic mass is 19.1. The third-order valence-electron chi connectivity index (χ3n) is 4.37. The zero-order valence-corrected chi connectivity index (χ0v) is 16.4. The maximum atomic E-state index is 13.1. The Hall–Kier alpha value is -1.70. The van der Waals surface area contributed by atoms with Crippen molar-refractivity contribution in [3.63, 3.8) is 0 Å². The van der Waals surface area contributed by atoms with Crippen molar-refractivity contribution in [3.05, 3.63) is 35.6 Å². The Labute approximate surface area is 161 Å². The Kier molecular flexibility index (Phi) is 10.1. The standard InChI is InChI=1S/C20H32FN3O3/c1-3-22-20(23-11-5-12-26-15-18-6-4-13-27-18)24-14-19(25-2)16-7-9-17(21)10-8-16/h7-10,18-19H,3-6,11-15H2,1-2H3,(H2,22,23,24). The molecule has 0 aromatic heterocycles. The van der Waals surface area contributed by atoms with Gasteiger partial charge in [-0.3, -0.25) is 4.99 Å². The van der Waals surface area contributed by atoms with Crippen LogP contribution in [-0.2, 0) is 14.2 Å². The van der Waals surface area contributed by atoms with Crippen LogP contribution in [0.2, 0.25) is 0 Å². The van der Waals surface area contributed by atoms with Crippen LogP contribution in [-0.4, -0.2) is 58.6 Å². The number of nitrogens with one attached hydrogen (secondary N) is 2. The fourth-order valence-electron chi connectivity index (χ4n) is 2.88. The Morgan fingerprint density at radius 3 is 2.81 bits per heavy atom. The van der Waals surface area contributed by atoms with Gasteiger partial charge in [0.05, 0.1) is 19.3 Å². The maximum Gasteiger partial charge on any atom is 0.191 e. The second-order valence-corrected chi connectivity index (χ2v) is 6.49. The first kappa shape index (κ1) is 21.6. The minimum atomic E-state index is -0.256. The summed E-state index contributed by atoms with van der Waals surface area (Å²) in [6, 6.07) is 6.33. The van der Waals surface area contributed by atoms with E-state index in [0.717, 1.165) is 50.5 Å². The Morgan fingerprint density at radius 1 is 1.33 bits per heavy atom. The third kappa shape index (κ3) is 8.24. The van der Waals surface area contributed by atoms with Gasteiger partial charge in [-0.05, 0) is 43.9 Å². The summed E-state index contributed by atoms with van der Waals surface area (Å²) in [6.07, 6.45) is 3.19. The molecule has 0 spiro atoms. The molecule has 1 saturated heterocycles. The molecule has 0 bridgehead atoms. The number of guanidine groups is 1. The van der Waals surface area contributed by atoms with Gasteiger partial charge in [0.25, 0.3) is 0 Å². The van der Waals surface area contributed by atoms with Gasteiger partial charge in [0.2, 0.25) is 0 Å². The van der Waals surface area contributed by atoms with Crippen molar-refractivity contribution in [2.75, 3.05) is 46.6 Å². The Morgan fingerprint density at radius 2 is 2.15 bits per heavy atom. The fraction of sp³-hybridized carbons (Fsp3) is 0.650. The second-order valence-electron chi connectivity index (χ2n) is 6.49. The number of methoxy groups -OCH3 is 1. The van der Waals surface area contributed by atoms with Gasteiger partial charge in [0.1, 0.15) is 11.9 Å². The molecule has 1 aliphatic rings. The van der Waals surface area contributed by atoms with Gasteiger partial charge in [-0.25, -0.2) is 4.39 Å². The van der Waals surface area contributed by atoms with Crippen LogP contribution >= 0.6 is 0 Å². The lowest BCUT2D eigenvalue weighted by molar-refractivity contribution is 0.0168. The van der Waals surface area contributed by atoms with E-state index in [1.807, 2.05) is 6.92 Å². The molecule has 2 rings (SSSR count). The smallest absolute Gasteiger partial charge is 0.191 e. The largest absolute Gasteiger partial charge is 0.379 e. The number of hydrogen-bond acceptors (Lipinski definition) is 4. The molecule has 2 unspecified atom stereocenters. The van der Waals surface area contributed by atoms with Crippen LogP contribution in [0.5, 0.6) is 0 Å². The predicted molar refractivity (Wildman–Crippen MR) is 105 cm³/mol. The van der Waals surface area contributed by atoms with Crippen LogP contribution < -0.4 is 10.6 Å². The summed E-state index contributed by atoms with van der Waals surface area (Å²) in [5.41, 5.74) is 0.904. The quantitative estimate of drug-likeness (QED) is 0.351. The average Bonchev–Trinajstić information content (AvgIpc) is 3.19. The number of halogens is 1. The van der Waals surface area contributed by atoms with Crippen molar-refractivity contribution in [2.45, 2.75) is 38.4 Å². The first-order valence-electron chi connectivity index (χ1n) is 9.72. The van der Waals surface area contributed by atoms with E-state index in [0.29, 0.717) is 19.8 Å². The number of aliphatic imine (C=N–C) groups is 1. The summed E-state index contributed by atoms with van der Waals surface area (Å²) in [6.45, 7) is 6.26. The predicted octanol–water partition coefficient (Wildman–Crippen LogP) is 2.65. The van der Waals surface area contributed by atoms with E-state index in [9.17, 15) is 4.39 Å². The van der Waals surface area contributed by atoms with Crippen LogP contribution in [0, 0.1) is 5.82 Å². The molecule has 1 aromatic carbocycles. The second kappa shape index (κ2) is 12.6. The monoisotopic (exact) mass is 381 g/mol. The van der Waals surface area contributed by atoms with Crippen molar-refractivity contribution < 1.29 is 18.6 Å². The molecule has 0 aliphatic carbocycles. The molecule has 0 radical (unpaired) electrons. The lowest BCUT2D eigenvalue weighted by Gasteiger charge is -2.16. The molecule has 1 heterocycles. The van der Waals surface area contributed by atoms with Crippen LogP contribution in [0.1, 0.15) is 37.9 Å². The summed E-state index contributed by atoms with van der Waals surface area (Å²) < 4.78 is 29.8. The van der Waals surface area contributed by atoms with Crippen LogP contribution in [0.25, 0.3) is 0 Å². The molecule has 0 saturated carbocycles. The molecule has 7 heteroatoms. The molecular formula is C20H32FN3O3. The minimum Gasteiger partial charge on any atom is -0.379 e. The zero-order chi connectivity index (χ0) is 19.3. The van der Waals surface area contributed by atoms with E-state index in [1.54, 1.807) is 19.2 Å². The lowest BCUT2D eigenvalue weighted by Crippen LogP contribution is -2.38. The number of nitrogens with zero attached hydrogens (tertiary/aromatic N) is 1. The summed E-state index contributed by atoms with van der Waals surface area (Å²) in [5, 5.41) is 6.52. The summed E-state index contributed by atoms with van der Waals surface area (Å²) in [4.78, 5) is 4.58. The van der Waals surface area contributed by atoms with Crippen molar-refractivity contribution in [1.29, 1.82) is 0 Å². The highest BCUT2D eigenvalue weighted by Crippen LogP contribution is 2.17. The van der Waals surface area contributed by atoms with E-state index in [2.05, 4.69) is 15.6 Å². The van der Waals surface area contributed by atoms with Crippen LogP contribution in [0.3, 0.4) is 0 Å². The number of rotatable bonds is 11. The average molecular weight is 381 g/mol. The van der Waals surface area contributed by atoms with E-state index in [-0.39, 0.29) is 18.0 Å². The van der Waals surface area contributed by atoms with E-state index >= 15 is 0 Å². The molecule has 27 heavy (non-hydrogen) atoms. The topological polar surface area (TPSA) is 64.1 Å². The van der Waals surface area contributed by atoms with Crippen LogP contribution in [0.4, 0.5) is 4.39 Å². The SMILES string of the molecule is CCNC(=NCC(OC)c1ccc(F)cc1)NCCCOCC1CCCO1. The molecule has 2 N–H and O–H groups in total. The summed E-state index contributed by atoms with van der Waals surface area (Å²) >= 11 is 0. The highest BCUT2D eigenvalue weighted by molar-refractivity contribution is 5.79. The molecule has 1 aliphatic heterocycles. The van der Waals surface area contributed by atoms with E-state index in [4.69, 9.17) is 14.2 Å². The van der Waals surface area contributed by atoms with Crippen LogP contribution in [0.15, 0.2) is 29.3 Å². The van der Waals surface area contributed by atoms with Gasteiger partial charge < -0.3 is 24.8 Å². The van der Waals surface area contributed by atoms with E-state index < -0.39 is 0 Å². The number of hydrogen-bond donors (Lipinski definition) is 2. The molecule has 6 nitrogen and oxygen atoms in total. The van der Waals surface area contributed by atoms with Crippen molar-refractivity contribution in [1.82, 2.24) is 10.6 Å². The third-order valence-corrected chi connectivity index (χ3v) is 4.37. The van der Waals surface area contributed by atoms with Gasteiger partial charge in [0, 0.05) is 33.4 Å². The summed E-state index contributed by atoms with van der Waals surface area (Å²) in [7, 11) is 1.63. The number of benzene rings is 1. The normalized spacial score (nSPS) is 18.5. The molecular weight excluding hydrogens is 349 g/mol. The van der Waals surface area contributed by atoms with Gasteiger partial charge >= 0.3 is 0 Å². The first-order valence-corrected chi connectivity index (χ1v) is 9.72. The zero-order valence-electron chi connectivity index (χ0n) is 16.4. The van der Waals surface area contributed by atoms with Crippen molar-refractivity contribution in [3.8, 4) is 0 Å². The highest BCUT2D eigenvalue weighted by Gasteiger charge is 2.15. The minimum absolute atomic E-state index is 0.212. The van der Waals surface area contributed by atoms with Gasteiger partial charge in [-0.1, -0.05) is 12.1 Å².